The third kappa shape index (κ3) is 2.26. The van der Waals surface area contributed by atoms with Crippen LogP contribution in [-0.4, -0.2) is 33.8 Å². The van der Waals surface area contributed by atoms with Crippen LogP contribution in [0, 0.1) is 35.5 Å². The quantitative estimate of drug-likeness (QED) is 0.555. The van der Waals surface area contributed by atoms with Crippen molar-refractivity contribution in [3.05, 3.63) is 60.7 Å². The molecule has 2 aromatic carbocycles. The number of nitrogens with zero attached hydrogens (tertiary/aromatic N) is 2. The van der Waals surface area contributed by atoms with Crippen molar-refractivity contribution in [1.29, 1.82) is 0 Å². The predicted molar refractivity (Wildman–Crippen MR) is 111 cm³/mol. The first kappa shape index (κ1) is 18.8. The van der Waals surface area contributed by atoms with Gasteiger partial charge in [-0.25, -0.2) is 0 Å². The molecule has 4 atom stereocenters. The number of phenolic OH excluding ortho intramolecular Hbond substituents is 2. The molecular weight excluding hydrogens is 412 g/mol. The molecule has 4 amide bonds. The number of hydrogen-bond donors (Lipinski definition) is 2. The van der Waals surface area contributed by atoms with Crippen LogP contribution in [0.5, 0.6) is 11.5 Å². The highest BCUT2D eigenvalue weighted by molar-refractivity contribution is 6.26. The predicted octanol–water partition coefficient (Wildman–Crippen LogP) is 1.82. The summed E-state index contributed by atoms with van der Waals surface area (Å²) in [4.78, 5) is 55.7. The number of hydrogen-bond acceptors (Lipinski definition) is 6. The summed E-state index contributed by atoms with van der Waals surface area (Å²) in [7, 11) is 0. The molecule has 0 unspecified atom stereocenters. The van der Waals surface area contributed by atoms with Crippen molar-refractivity contribution in [2.75, 3.05) is 9.80 Å². The third-order valence-corrected chi connectivity index (χ3v) is 7.23. The summed E-state index contributed by atoms with van der Waals surface area (Å²) in [5, 5.41) is 19.1. The minimum Gasteiger partial charge on any atom is -0.508 e. The topological polar surface area (TPSA) is 115 Å². The van der Waals surface area contributed by atoms with E-state index in [1.165, 1.54) is 48.5 Å². The van der Waals surface area contributed by atoms with E-state index in [1.807, 2.05) is 12.2 Å². The lowest BCUT2D eigenvalue weighted by Crippen LogP contribution is -2.50. The summed E-state index contributed by atoms with van der Waals surface area (Å²) in [5.41, 5.74) is 0.722. The van der Waals surface area contributed by atoms with Crippen molar-refractivity contribution in [3.63, 3.8) is 0 Å². The molecule has 8 heteroatoms. The molecule has 7 rings (SSSR count). The van der Waals surface area contributed by atoms with E-state index < -0.39 is 35.5 Å². The van der Waals surface area contributed by atoms with Gasteiger partial charge in [0.15, 0.2) is 0 Å². The van der Waals surface area contributed by atoms with Crippen molar-refractivity contribution in [2.24, 2.45) is 35.5 Å². The van der Waals surface area contributed by atoms with Gasteiger partial charge in [-0.2, -0.15) is 0 Å². The Morgan fingerprint density at radius 2 is 0.781 bits per heavy atom. The molecule has 0 aromatic heterocycles. The molecule has 1 saturated carbocycles. The number of allylic oxidation sites excluding steroid dienone is 2. The zero-order valence-electron chi connectivity index (χ0n) is 16.7. The molecule has 0 spiro atoms. The molecule has 2 saturated heterocycles. The summed E-state index contributed by atoms with van der Waals surface area (Å²) in [5.74, 6) is -5.41. The lowest BCUT2D eigenvalue weighted by molar-refractivity contribution is -0.137. The van der Waals surface area contributed by atoms with Crippen LogP contribution in [0.15, 0.2) is 60.7 Å². The Balaban J connectivity index is 1.39. The van der Waals surface area contributed by atoms with Crippen LogP contribution in [0.4, 0.5) is 11.4 Å². The van der Waals surface area contributed by atoms with E-state index in [-0.39, 0.29) is 35.1 Å². The molecular formula is C24H18N2O6. The fourth-order valence-corrected chi connectivity index (χ4v) is 5.94. The van der Waals surface area contributed by atoms with Crippen molar-refractivity contribution >= 4 is 35.0 Å². The van der Waals surface area contributed by atoms with Gasteiger partial charge >= 0.3 is 0 Å². The molecule has 2 aliphatic heterocycles. The van der Waals surface area contributed by atoms with E-state index in [4.69, 9.17) is 0 Å². The number of aromatic hydroxyl groups is 2. The molecule has 0 radical (unpaired) electrons. The number of anilines is 2. The SMILES string of the molecule is O=C1[C@@H]2C3C=CC([C@H]2C(=O)N1c1ccc(O)cc1)[C@H]1C(=O)N(c2ccc(O)cc2)C(=O)[C@H]31. The summed E-state index contributed by atoms with van der Waals surface area (Å²) in [6, 6.07) is 11.6. The number of benzene rings is 2. The van der Waals surface area contributed by atoms with Gasteiger partial charge < -0.3 is 10.2 Å². The van der Waals surface area contributed by atoms with Crippen LogP contribution in [0.3, 0.4) is 0 Å². The largest absolute Gasteiger partial charge is 0.508 e. The van der Waals surface area contributed by atoms with E-state index >= 15 is 0 Å². The molecule has 3 fully saturated rings. The molecule has 2 N–H and O–H groups in total. The van der Waals surface area contributed by atoms with E-state index in [0.29, 0.717) is 11.4 Å². The Morgan fingerprint density at radius 3 is 1.06 bits per heavy atom. The molecule has 2 bridgehead atoms. The first-order valence-electron chi connectivity index (χ1n) is 10.4. The highest BCUT2D eigenvalue weighted by atomic mass is 16.3. The van der Waals surface area contributed by atoms with Crippen LogP contribution < -0.4 is 9.80 Å². The van der Waals surface area contributed by atoms with Crippen LogP contribution >= 0.6 is 0 Å². The fraction of sp³-hybridized carbons (Fsp3) is 0.250. The van der Waals surface area contributed by atoms with Crippen molar-refractivity contribution < 1.29 is 29.4 Å². The first-order chi connectivity index (χ1) is 15.4. The fourth-order valence-electron chi connectivity index (χ4n) is 5.94. The van der Waals surface area contributed by atoms with Gasteiger partial charge in [0.05, 0.1) is 35.0 Å². The number of phenols is 2. The van der Waals surface area contributed by atoms with Gasteiger partial charge in [0, 0.05) is 11.8 Å². The second-order valence-corrected chi connectivity index (χ2v) is 8.70. The van der Waals surface area contributed by atoms with E-state index in [9.17, 15) is 29.4 Å². The average Bonchev–Trinajstić information content (AvgIpc) is 3.23. The highest BCUT2D eigenvalue weighted by Gasteiger charge is 2.68. The Labute approximate surface area is 182 Å². The van der Waals surface area contributed by atoms with E-state index in [1.54, 1.807) is 0 Å². The molecule has 2 heterocycles. The number of carbonyl (C=O) groups excluding carboxylic acids is 4. The van der Waals surface area contributed by atoms with Gasteiger partial charge in [-0.05, 0) is 48.5 Å². The first-order valence-corrected chi connectivity index (χ1v) is 10.4. The maximum Gasteiger partial charge on any atom is 0.238 e. The minimum absolute atomic E-state index is 0.0204. The Kier molecular flexibility index (Phi) is 3.69. The summed E-state index contributed by atoms with van der Waals surface area (Å²) < 4.78 is 0. The summed E-state index contributed by atoms with van der Waals surface area (Å²) in [6.45, 7) is 0. The Hall–Kier alpha value is -3.94. The van der Waals surface area contributed by atoms with Crippen LogP contribution in [0.2, 0.25) is 0 Å². The monoisotopic (exact) mass is 430 g/mol. The molecule has 8 nitrogen and oxygen atoms in total. The number of rotatable bonds is 2. The van der Waals surface area contributed by atoms with Crippen molar-refractivity contribution in [2.45, 2.75) is 0 Å². The average molecular weight is 430 g/mol. The zero-order valence-corrected chi connectivity index (χ0v) is 16.7. The van der Waals surface area contributed by atoms with Crippen molar-refractivity contribution in [1.82, 2.24) is 0 Å². The number of imide groups is 2. The maximum absolute atomic E-state index is 13.4. The summed E-state index contributed by atoms with van der Waals surface area (Å²) >= 11 is 0. The molecule has 5 aliphatic rings. The second kappa shape index (κ2) is 6.29. The smallest absolute Gasteiger partial charge is 0.238 e. The van der Waals surface area contributed by atoms with E-state index in [2.05, 4.69) is 0 Å². The van der Waals surface area contributed by atoms with Gasteiger partial charge in [0.1, 0.15) is 11.5 Å². The molecule has 2 aromatic rings. The third-order valence-electron chi connectivity index (χ3n) is 7.23. The molecule has 3 aliphatic carbocycles. The normalized spacial score (nSPS) is 32.6. The van der Waals surface area contributed by atoms with Gasteiger partial charge in [0.25, 0.3) is 0 Å². The lowest BCUT2D eigenvalue weighted by Gasteiger charge is -2.44. The van der Waals surface area contributed by atoms with Gasteiger partial charge in [0.2, 0.25) is 23.6 Å². The van der Waals surface area contributed by atoms with Gasteiger partial charge in [-0.15, -0.1) is 0 Å². The van der Waals surface area contributed by atoms with Crippen LogP contribution in [0.25, 0.3) is 0 Å². The van der Waals surface area contributed by atoms with Gasteiger partial charge in [-0.3, -0.25) is 29.0 Å². The molecule has 160 valence electrons. The van der Waals surface area contributed by atoms with Crippen LogP contribution in [0.1, 0.15) is 0 Å². The minimum atomic E-state index is -0.705. The van der Waals surface area contributed by atoms with Crippen molar-refractivity contribution in [3.8, 4) is 11.5 Å². The maximum atomic E-state index is 13.4. The standard InChI is InChI=1S/C24H18N2O6/c27-13-5-1-11(2-6-13)25-21(29)17-15-9-10-16(18(17)22(25)30)20-19(15)23(31)26(24(20)32)12-3-7-14(28)8-4-12/h1-10,15-20,27-28H/t15?,16?,17-,18-,19-,20-/m1/s1. The number of amides is 4. The molecule has 32 heavy (non-hydrogen) atoms. The second-order valence-electron chi connectivity index (χ2n) is 8.70. The highest BCUT2D eigenvalue weighted by Crippen LogP contribution is 2.58. The van der Waals surface area contributed by atoms with E-state index in [0.717, 1.165) is 9.80 Å². The Bertz CT molecular complexity index is 1080. The zero-order chi connectivity index (χ0) is 22.3. The lowest BCUT2D eigenvalue weighted by atomic mass is 9.54. The van der Waals surface area contributed by atoms with Gasteiger partial charge in [-0.1, -0.05) is 12.2 Å². The summed E-state index contributed by atoms with van der Waals surface area (Å²) in [6.07, 6.45) is 3.62. The van der Waals surface area contributed by atoms with Crippen LogP contribution in [-0.2, 0) is 19.2 Å². The number of carbonyl (C=O) groups is 4. The Morgan fingerprint density at radius 1 is 0.500 bits per heavy atom.